The SMILES string of the molecule is CNCC(=O)N[C@@H](CCCN=C(N)N)C(=O)N[C@H](C(=O)N[C@@H](Cc1ccc(O)cc1)C(=O)N[C@H]1CC(=O)N[C@@H]2C[C@@H](C(=O)N[C@@H](Cc3ccccc3)C(=O)O)N(C2)C(=O)[C@H](Cc2cnc[nH]2)NC1=O)C(C)C. The topological polar surface area (TPSA) is 387 Å². The summed E-state index contributed by atoms with van der Waals surface area (Å²) >= 11 is 0. The average Bonchev–Trinajstić information content (AvgIpc) is 4.01. The first-order valence-corrected chi connectivity index (χ1v) is 23.4. The van der Waals surface area contributed by atoms with E-state index in [9.17, 15) is 53.4 Å². The molecule has 2 aromatic carbocycles. The number of phenolic OH excluding ortho intramolecular Hbond substituents is 1. The summed E-state index contributed by atoms with van der Waals surface area (Å²) in [6.07, 6.45) is 1.95. The molecule has 388 valence electrons. The number of carbonyl (C=O) groups excluding carboxylic acids is 8. The minimum Gasteiger partial charge on any atom is -0.508 e. The van der Waals surface area contributed by atoms with Gasteiger partial charge in [0.1, 0.15) is 48.0 Å². The molecule has 8 amide bonds. The molecule has 3 aromatic rings. The molecule has 2 bridgehead atoms. The summed E-state index contributed by atoms with van der Waals surface area (Å²) in [7, 11) is 1.55. The van der Waals surface area contributed by atoms with Crippen molar-refractivity contribution in [2.24, 2.45) is 22.4 Å². The second kappa shape index (κ2) is 26.2. The smallest absolute Gasteiger partial charge is 0.326 e. The minimum absolute atomic E-state index is 0.0505. The molecule has 25 heteroatoms. The number of nitrogens with zero attached hydrogens (tertiary/aromatic N) is 3. The maximum atomic E-state index is 14.6. The zero-order valence-electron chi connectivity index (χ0n) is 40.2. The number of H-pyrrole nitrogens is 1. The molecule has 2 saturated heterocycles. The number of imidazole rings is 1. The van der Waals surface area contributed by atoms with Gasteiger partial charge in [-0.1, -0.05) is 56.3 Å². The first-order valence-electron chi connectivity index (χ1n) is 23.4. The van der Waals surface area contributed by atoms with Gasteiger partial charge < -0.3 is 74.1 Å². The Hall–Kier alpha value is -8.09. The summed E-state index contributed by atoms with van der Waals surface area (Å²) in [6.45, 7) is 3.17. The number of aliphatic imine (C=N–C) groups is 1. The number of likely N-dealkylation sites (N-methyl/N-ethyl adjacent to an activating group) is 1. The third-order valence-electron chi connectivity index (χ3n) is 12.0. The first kappa shape index (κ1) is 54.8. The summed E-state index contributed by atoms with van der Waals surface area (Å²) in [5.41, 5.74) is 12.4. The average molecular weight is 1000 g/mol. The number of benzene rings is 2. The molecule has 0 spiro atoms. The quantitative estimate of drug-likeness (QED) is 0.0250. The highest BCUT2D eigenvalue weighted by atomic mass is 16.4. The van der Waals surface area contributed by atoms with Gasteiger partial charge in [-0.25, -0.2) is 9.78 Å². The molecule has 0 saturated carbocycles. The van der Waals surface area contributed by atoms with Gasteiger partial charge in [-0.3, -0.25) is 43.3 Å². The lowest BCUT2D eigenvalue weighted by Gasteiger charge is -2.30. The standard InChI is InChI=1S/C47H64N14O11/c1-25(2)39(60-40(65)31(55-38(64)22-50-3)10-7-15-52-47(48)49)44(69)57-32(16-27-11-13-30(62)14-12-27)41(66)56-33-20-37(63)54-29-19-36(43(68)59-35(46(71)72)17-26-8-5-4-6-9-26)61(23-29)45(70)34(58-42(33)67)18-28-21-51-24-53-28/h4-6,8-9,11-14,21,24-25,29,31-36,39,50,62H,7,10,15-20,22-23H2,1-3H3,(H,51,53)(H,54,63)(H,55,64)(H,56,66)(H,57,69)(H,58,67)(H,59,68)(H,60,65)(H,71,72)(H4,48,49,52)/t29-,31+,32+,33+,34+,35+,36+,39+/m1/s1. The van der Waals surface area contributed by atoms with Gasteiger partial charge in [0.15, 0.2) is 5.96 Å². The van der Waals surface area contributed by atoms with Crippen LogP contribution in [0.4, 0.5) is 0 Å². The Morgan fingerprint density at radius 1 is 0.861 bits per heavy atom. The second-order valence-corrected chi connectivity index (χ2v) is 18.0. The Morgan fingerprint density at radius 2 is 1.56 bits per heavy atom. The van der Waals surface area contributed by atoms with Crippen molar-refractivity contribution >= 4 is 59.2 Å². The predicted octanol–water partition coefficient (Wildman–Crippen LogP) is -3.45. The Balaban J connectivity index is 1.38. The Morgan fingerprint density at radius 3 is 2.19 bits per heavy atom. The largest absolute Gasteiger partial charge is 0.508 e. The third-order valence-corrected chi connectivity index (χ3v) is 12.0. The fraction of sp³-hybridized carbons (Fsp3) is 0.468. The molecule has 0 aliphatic carbocycles. The van der Waals surface area contributed by atoms with Crippen molar-refractivity contribution in [3.8, 4) is 5.75 Å². The number of aromatic amines is 1. The highest BCUT2D eigenvalue weighted by molar-refractivity contribution is 5.99. The second-order valence-electron chi connectivity index (χ2n) is 18.0. The van der Waals surface area contributed by atoms with Crippen molar-refractivity contribution in [3.05, 3.63) is 83.9 Å². The molecule has 1 aromatic heterocycles. The van der Waals surface area contributed by atoms with Crippen molar-refractivity contribution in [1.82, 2.24) is 57.4 Å². The predicted molar refractivity (Wildman–Crippen MR) is 259 cm³/mol. The van der Waals surface area contributed by atoms with E-state index in [1.54, 1.807) is 51.2 Å². The van der Waals surface area contributed by atoms with Gasteiger partial charge >= 0.3 is 5.97 Å². The number of amides is 8. The number of aliphatic carboxylic acids is 1. The van der Waals surface area contributed by atoms with Gasteiger partial charge in [0.05, 0.1) is 19.3 Å². The van der Waals surface area contributed by atoms with Crippen molar-refractivity contribution < 1.29 is 53.4 Å². The van der Waals surface area contributed by atoms with Crippen LogP contribution in [-0.4, -0.2) is 159 Å². The molecule has 2 aliphatic rings. The molecule has 5 rings (SSSR count). The third kappa shape index (κ3) is 16.2. The lowest BCUT2D eigenvalue weighted by Crippen LogP contribution is -2.61. The molecular weight excluding hydrogens is 937 g/mol. The molecule has 25 nitrogen and oxygen atoms in total. The number of phenols is 1. The van der Waals surface area contributed by atoms with Gasteiger partial charge in [0, 0.05) is 50.3 Å². The van der Waals surface area contributed by atoms with E-state index < -0.39 is 114 Å². The van der Waals surface area contributed by atoms with E-state index in [-0.39, 0.29) is 69.9 Å². The molecule has 72 heavy (non-hydrogen) atoms. The fourth-order valence-corrected chi connectivity index (χ4v) is 8.30. The number of carboxylic acids is 1. The van der Waals surface area contributed by atoms with Crippen LogP contribution < -0.4 is 54.0 Å². The van der Waals surface area contributed by atoms with Gasteiger partial charge in [-0.15, -0.1) is 0 Å². The summed E-state index contributed by atoms with van der Waals surface area (Å²) in [5.74, 6) is -8.31. The number of hydrogen-bond acceptors (Lipinski definition) is 13. The van der Waals surface area contributed by atoms with Crippen LogP contribution >= 0.6 is 0 Å². The molecule has 8 atom stereocenters. The van der Waals surface area contributed by atoms with Crippen molar-refractivity contribution in [2.75, 3.05) is 26.7 Å². The van der Waals surface area contributed by atoms with Crippen LogP contribution in [0.2, 0.25) is 0 Å². The number of carboxylic acid groups (broad SMARTS) is 1. The number of fused-ring (bicyclic) bond motifs is 2. The number of aromatic nitrogens is 2. The Bertz CT molecular complexity index is 2420. The zero-order valence-corrected chi connectivity index (χ0v) is 40.2. The minimum atomic E-state index is -1.64. The number of hydrogen-bond donors (Lipinski definition) is 13. The summed E-state index contributed by atoms with van der Waals surface area (Å²) < 4.78 is 0. The summed E-state index contributed by atoms with van der Waals surface area (Å²) in [5, 5.41) is 41.2. The number of nitrogens with two attached hydrogens (primary N) is 2. The number of nitrogens with one attached hydrogen (secondary N) is 9. The Labute approximate surface area is 414 Å². The maximum absolute atomic E-state index is 14.6. The highest BCUT2D eigenvalue weighted by Gasteiger charge is 2.45. The van der Waals surface area contributed by atoms with E-state index in [0.717, 1.165) is 0 Å². The van der Waals surface area contributed by atoms with Crippen LogP contribution in [-0.2, 0) is 62.4 Å². The lowest BCUT2D eigenvalue weighted by atomic mass is 9.99. The number of guanidine groups is 1. The van der Waals surface area contributed by atoms with Crippen LogP contribution in [0.5, 0.6) is 5.75 Å². The van der Waals surface area contributed by atoms with E-state index in [1.165, 1.54) is 41.7 Å². The van der Waals surface area contributed by atoms with Crippen LogP contribution in [0.15, 0.2) is 72.1 Å². The first-order chi connectivity index (χ1) is 34.3. The summed E-state index contributed by atoms with van der Waals surface area (Å²) in [4.78, 5) is 136. The highest BCUT2D eigenvalue weighted by Crippen LogP contribution is 2.23. The van der Waals surface area contributed by atoms with Gasteiger partial charge in [0.2, 0.25) is 47.3 Å². The number of aromatic hydroxyl groups is 1. The molecule has 0 radical (unpaired) electrons. The Kier molecular flexibility index (Phi) is 20.0. The molecule has 2 aliphatic heterocycles. The van der Waals surface area contributed by atoms with Gasteiger partial charge in [0.25, 0.3) is 0 Å². The van der Waals surface area contributed by atoms with Crippen molar-refractivity contribution in [3.63, 3.8) is 0 Å². The fourth-order valence-electron chi connectivity index (χ4n) is 8.30. The lowest BCUT2D eigenvalue weighted by molar-refractivity contribution is -0.145. The molecule has 2 fully saturated rings. The van der Waals surface area contributed by atoms with E-state index in [4.69, 9.17) is 11.5 Å². The van der Waals surface area contributed by atoms with Gasteiger partial charge in [-0.05, 0) is 55.5 Å². The number of carbonyl (C=O) groups is 9. The van der Waals surface area contributed by atoms with E-state index in [1.807, 2.05) is 0 Å². The van der Waals surface area contributed by atoms with Crippen molar-refractivity contribution in [1.29, 1.82) is 0 Å². The van der Waals surface area contributed by atoms with Crippen LogP contribution in [0.25, 0.3) is 0 Å². The van der Waals surface area contributed by atoms with E-state index >= 15 is 0 Å². The molecule has 0 unspecified atom stereocenters. The molecule has 3 heterocycles. The molecular formula is C47H64N14O11. The van der Waals surface area contributed by atoms with Crippen LogP contribution in [0.1, 0.15) is 56.4 Å². The number of rotatable bonds is 23. The van der Waals surface area contributed by atoms with Crippen LogP contribution in [0, 0.1) is 5.92 Å². The normalized spacial score (nSPS) is 19.5. The summed E-state index contributed by atoms with van der Waals surface area (Å²) in [6, 6.07) is 4.03. The van der Waals surface area contributed by atoms with Crippen molar-refractivity contribution in [2.45, 2.75) is 107 Å². The molecule has 15 N–H and O–H groups in total. The van der Waals surface area contributed by atoms with E-state index in [0.29, 0.717) is 16.8 Å². The zero-order chi connectivity index (χ0) is 52.5. The van der Waals surface area contributed by atoms with E-state index in [2.05, 4.69) is 57.5 Å². The monoisotopic (exact) mass is 1000 g/mol. The maximum Gasteiger partial charge on any atom is 0.326 e. The van der Waals surface area contributed by atoms with Gasteiger partial charge in [-0.2, -0.15) is 0 Å². The van der Waals surface area contributed by atoms with Crippen LogP contribution in [0.3, 0.4) is 0 Å².